The number of nitrogens with one attached hydrogen (secondary N) is 3. The predicted octanol–water partition coefficient (Wildman–Crippen LogP) is 0.829. The highest BCUT2D eigenvalue weighted by Crippen LogP contribution is 2.12. The molecule has 1 unspecified atom stereocenters. The van der Waals surface area contributed by atoms with Crippen LogP contribution < -0.4 is 16.0 Å². The van der Waals surface area contributed by atoms with E-state index in [0.29, 0.717) is 13.0 Å². The van der Waals surface area contributed by atoms with E-state index in [2.05, 4.69) is 16.0 Å². The first-order chi connectivity index (χ1) is 8.39. The van der Waals surface area contributed by atoms with Crippen molar-refractivity contribution in [3.8, 4) is 0 Å². The van der Waals surface area contributed by atoms with E-state index in [0.717, 1.165) is 25.9 Å². The number of piperidine rings is 1. The van der Waals surface area contributed by atoms with Crippen molar-refractivity contribution in [1.82, 2.24) is 16.0 Å². The van der Waals surface area contributed by atoms with Crippen LogP contribution in [0.25, 0.3) is 0 Å². The van der Waals surface area contributed by atoms with Crippen molar-refractivity contribution in [2.45, 2.75) is 46.1 Å². The molecule has 1 heterocycles. The molecule has 0 saturated carbocycles. The van der Waals surface area contributed by atoms with Gasteiger partial charge in [-0.05, 0) is 19.4 Å². The quantitative estimate of drug-likeness (QED) is 0.718. The second kappa shape index (κ2) is 8.38. The van der Waals surface area contributed by atoms with Crippen molar-refractivity contribution in [3.63, 3.8) is 0 Å². The molecular formula is C13H26ClN3O2. The number of hydrogen-bond acceptors (Lipinski definition) is 3. The molecule has 0 aromatic heterocycles. The predicted molar refractivity (Wildman–Crippen MR) is 78.4 cm³/mol. The van der Waals surface area contributed by atoms with Crippen LogP contribution in [0.2, 0.25) is 0 Å². The summed E-state index contributed by atoms with van der Waals surface area (Å²) in [5.74, 6) is -0.00691. The summed E-state index contributed by atoms with van der Waals surface area (Å²) < 4.78 is 0. The topological polar surface area (TPSA) is 70.2 Å². The zero-order valence-electron chi connectivity index (χ0n) is 12.0. The molecule has 1 fully saturated rings. The maximum absolute atomic E-state index is 11.7. The van der Waals surface area contributed by atoms with Gasteiger partial charge in [-0.1, -0.05) is 20.8 Å². The van der Waals surface area contributed by atoms with E-state index in [4.69, 9.17) is 0 Å². The summed E-state index contributed by atoms with van der Waals surface area (Å²) in [6, 6.07) is 0.240. The van der Waals surface area contributed by atoms with Crippen LogP contribution in [0.1, 0.15) is 40.0 Å². The third kappa shape index (κ3) is 7.38. The van der Waals surface area contributed by atoms with Gasteiger partial charge in [-0.3, -0.25) is 9.59 Å². The van der Waals surface area contributed by atoms with Gasteiger partial charge >= 0.3 is 0 Å². The highest BCUT2D eigenvalue weighted by Gasteiger charge is 2.21. The van der Waals surface area contributed by atoms with Gasteiger partial charge in [-0.25, -0.2) is 0 Å². The highest BCUT2D eigenvalue weighted by molar-refractivity contribution is 5.85. The normalized spacial score (nSPS) is 19.2. The fourth-order valence-corrected chi connectivity index (χ4v) is 1.83. The lowest BCUT2D eigenvalue weighted by atomic mass is 9.96. The van der Waals surface area contributed by atoms with Gasteiger partial charge in [0.2, 0.25) is 11.8 Å². The van der Waals surface area contributed by atoms with E-state index in [1.165, 1.54) is 0 Å². The summed E-state index contributed by atoms with van der Waals surface area (Å²) >= 11 is 0. The summed E-state index contributed by atoms with van der Waals surface area (Å²) in [5, 5.41) is 9.00. The van der Waals surface area contributed by atoms with Crippen molar-refractivity contribution in [1.29, 1.82) is 0 Å². The van der Waals surface area contributed by atoms with Crippen LogP contribution >= 0.6 is 12.4 Å². The molecule has 0 aromatic carbocycles. The Morgan fingerprint density at radius 1 is 1.32 bits per heavy atom. The van der Waals surface area contributed by atoms with Crippen LogP contribution in [-0.2, 0) is 9.59 Å². The minimum Gasteiger partial charge on any atom is -0.355 e. The Morgan fingerprint density at radius 2 is 2.00 bits per heavy atom. The molecule has 0 radical (unpaired) electrons. The number of rotatable bonds is 4. The third-order valence-corrected chi connectivity index (χ3v) is 2.98. The average Bonchev–Trinajstić information content (AvgIpc) is 2.28. The lowest BCUT2D eigenvalue weighted by Gasteiger charge is -2.24. The zero-order chi connectivity index (χ0) is 13.6. The Bertz CT molecular complexity index is 297. The maximum atomic E-state index is 11.7. The second-order valence-electron chi connectivity index (χ2n) is 5.87. The average molecular weight is 292 g/mol. The largest absolute Gasteiger partial charge is 0.355 e. The Hall–Kier alpha value is -0.810. The molecule has 0 spiro atoms. The minimum absolute atomic E-state index is 0. The van der Waals surface area contributed by atoms with Gasteiger partial charge in [0, 0.05) is 31.0 Å². The van der Waals surface area contributed by atoms with Crippen LogP contribution in [0.4, 0.5) is 0 Å². The number of halogens is 1. The van der Waals surface area contributed by atoms with Crippen LogP contribution in [0.5, 0.6) is 0 Å². The fourth-order valence-electron chi connectivity index (χ4n) is 1.83. The van der Waals surface area contributed by atoms with E-state index in [1.807, 2.05) is 20.8 Å². The highest BCUT2D eigenvalue weighted by atomic mass is 35.5. The summed E-state index contributed by atoms with van der Waals surface area (Å²) in [5.41, 5.74) is -0.399. The molecule has 1 aliphatic heterocycles. The Labute approximate surface area is 121 Å². The van der Waals surface area contributed by atoms with Gasteiger partial charge < -0.3 is 16.0 Å². The first-order valence-electron chi connectivity index (χ1n) is 6.68. The summed E-state index contributed by atoms with van der Waals surface area (Å²) in [6.07, 6.45) is 2.48. The van der Waals surface area contributed by atoms with Crippen molar-refractivity contribution in [3.05, 3.63) is 0 Å². The number of amides is 2. The number of carbonyl (C=O) groups excluding carboxylic acids is 2. The van der Waals surface area contributed by atoms with E-state index >= 15 is 0 Å². The lowest BCUT2D eigenvalue weighted by molar-refractivity contribution is -0.128. The van der Waals surface area contributed by atoms with Gasteiger partial charge in [-0.15, -0.1) is 12.4 Å². The summed E-state index contributed by atoms with van der Waals surface area (Å²) in [6.45, 7) is 7.86. The van der Waals surface area contributed by atoms with Crippen LogP contribution in [0.15, 0.2) is 0 Å². The zero-order valence-corrected chi connectivity index (χ0v) is 12.9. The summed E-state index contributed by atoms with van der Waals surface area (Å²) in [4.78, 5) is 23.2. The van der Waals surface area contributed by atoms with Crippen molar-refractivity contribution in [2.24, 2.45) is 5.41 Å². The van der Waals surface area contributed by atoms with Gasteiger partial charge in [0.05, 0.1) is 0 Å². The second-order valence-corrected chi connectivity index (χ2v) is 5.87. The Kier molecular flexibility index (Phi) is 8.02. The van der Waals surface area contributed by atoms with Crippen LogP contribution in [0, 0.1) is 5.41 Å². The van der Waals surface area contributed by atoms with Crippen molar-refractivity contribution < 1.29 is 9.59 Å². The molecule has 6 heteroatoms. The number of hydrogen-bond donors (Lipinski definition) is 3. The smallest absolute Gasteiger partial charge is 0.225 e. The number of carbonyl (C=O) groups is 2. The van der Waals surface area contributed by atoms with Gasteiger partial charge in [0.15, 0.2) is 0 Å². The molecule has 3 N–H and O–H groups in total. The maximum Gasteiger partial charge on any atom is 0.225 e. The molecule has 0 aliphatic carbocycles. The molecule has 0 bridgehead atoms. The van der Waals surface area contributed by atoms with Crippen LogP contribution in [0.3, 0.4) is 0 Å². The fraction of sp³-hybridized carbons (Fsp3) is 0.846. The van der Waals surface area contributed by atoms with Gasteiger partial charge in [0.25, 0.3) is 0 Å². The Morgan fingerprint density at radius 3 is 2.53 bits per heavy atom. The van der Waals surface area contributed by atoms with Crippen molar-refractivity contribution >= 4 is 24.2 Å². The SMILES string of the molecule is CC(C)(C)C(=O)NCCC(=O)NC1CCCNC1.Cl. The Balaban J connectivity index is 0.00000324. The van der Waals surface area contributed by atoms with E-state index < -0.39 is 5.41 Å². The molecular weight excluding hydrogens is 266 g/mol. The molecule has 2 amide bonds. The van der Waals surface area contributed by atoms with E-state index in [9.17, 15) is 9.59 Å². The first-order valence-corrected chi connectivity index (χ1v) is 6.68. The van der Waals surface area contributed by atoms with Gasteiger partial charge in [-0.2, -0.15) is 0 Å². The molecule has 1 saturated heterocycles. The molecule has 19 heavy (non-hydrogen) atoms. The third-order valence-electron chi connectivity index (χ3n) is 2.98. The first kappa shape index (κ1) is 18.2. The van der Waals surface area contributed by atoms with E-state index in [1.54, 1.807) is 0 Å². The molecule has 112 valence electrons. The lowest BCUT2D eigenvalue weighted by Crippen LogP contribution is -2.46. The van der Waals surface area contributed by atoms with Crippen molar-refractivity contribution in [2.75, 3.05) is 19.6 Å². The molecule has 1 atom stereocenters. The van der Waals surface area contributed by atoms with E-state index in [-0.39, 0.29) is 30.3 Å². The molecule has 5 nitrogen and oxygen atoms in total. The standard InChI is InChI=1S/C13H25N3O2.ClH/c1-13(2,3)12(18)15-8-6-11(17)16-10-5-4-7-14-9-10;/h10,14H,4-9H2,1-3H3,(H,15,18)(H,16,17);1H. The molecule has 1 rings (SSSR count). The van der Waals surface area contributed by atoms with Gasteiger partial charge in [0.1, 0.15) is 0 Å². The summed E-state index contributed by atoms with van der Waals surface area (Å²) in [7, 11) is 0. The molecule has 1 aliphatic rings. The molecule has 0 aromatic rings. The minimum atomic E-state index is -0.399. The monoisotopic (exact) mass is 291 g/mol. The van der Waals surface area contributed by atoms with Crippen LogP contribution in [-0.4, -0.2) is 37.5 Å².